The van der Waals surface area contributed by atoms with Crippen LogP contribution in [-0.2, 0) is 0 Å². The second-order valence-corrected chi connectivity index (χ2v) is 5.55. The molecule has 0 bridgehead atoms. The Morgan fingerprint density at radius 1 is 1.35 bits per heavy atom. The molecular weight excluding hydrogens is 257 g/mol. The summed E-state index contributed by atoms with van der Waals surface area (Å²) in [4.78, 5) is 14.3. The average Bonchev–Trinajstić information content (AvgIpc) is 3.09. The summed E-state index contributed by atoms with van der Waals surface area (Å²) in [7, 11) is 0. The van der Waals surface area contributed by atoms with Crippen LogP contribution >= 0.6 is 0 Å². The molecule has 2 fully saturated rings. The zero-order valence-electron chi connectivity index (χ0n) is 11.4. The van der Waals surface area contributed by atoms with Gasteiger partial charge in [-0.3, -0.25) is 0 Å². The third-order valence-corrected chi connectivity index (χ3v) is 4.20. The Morgan fingerprint density at radius 2 is 2.25 bits per heavy atom. The van der Waals surface area contributed by atoms with Gasteiger partial charge in [-0.1, -0.05) is 6.07 Å². The molecule has 2 aliphatic heterocycles. The van der Waals surface area contributed by atoms with Gasteiger partial charge >= 0.3 is 6.03 Å². The predicted octanol–water partition coefficient (Wildman–Crippen LogP) is 2.57. The molecule has 2 unspecified atom stereocenters. The Bertz CT molecular complexity index is 488. The topological polar surface area (TPSA) is 44.4 Å². The van der Waals surface area contributed by atoms with Crippen molar-refractivity contribution in [1.29, 1.82) is 0 Å². The van der Waals surface area contributed by atoms with Crippen molar-refractivity contribution in [2.24, 2.45) is 0 Å². The van der Waals surface area contributed by atoms with E-state index in [0.717, 1.165) is 32.4 Å². The molecule has 0 aromatic heterocycles. The van der Waals surface area contributed by atoms with Gasteiger partial charge in [-0.05, 0) is 50.4 Å². The molecule has 4 nitrogen and oxygen atoms in total. The first-order chi connectivity index (χ1) is 9.74. The van der Waals surface area contributed by atoms with Crippen molar-refractivity contribution < 1.29 is 9.18 Å². The highest BCUT2D eigenvalue weighted by Crippen LogP contribution is 2.25. The lowest BCUT2D eigenvalue weighted by atomic mass is 10.0. The minimum Gasteiger partial charge on any atom is -0.320 e. The van der Waals surface area contributed by atoms with Crippen LogP contribution in [-0.4, -0.2) is 36.1 Å². The summed E-state index contributed by atoms with van der Waals surface area (Å²) in [6.07, 6.45) is 4.41. The van der Waals surface area contributed by atoms with Gasteiger partial charge in [-0.2, -0.15) is 0 Å². The molecule has 108 valence electrons. The summed E-state index contributed by atoms with van der Waals surface area (Å²) in [6, 6.07) is 6.59. The molecule has 0 radical (unpaired) electrons. The maximum Gasteiger partial charge on any atom is 0.322 e. The molecule has 3 rings (SSSR count). The van der Waals surface area contributed by atoms with Crippen LogP contribution in [0.5, 0.6) is 0 Å². The highest BCUT2D eigenvalue weighted by atomic mass is 19.1. The summed E-state index contributed by atoms with van der Waals surface area (Å²) in [6.45, 7) is 1.82. The lowest BCUT2D eigenvalue weighted by Crippen LogP contribution is -2.48. The number of anilines is 1. The first-order valence-corrected chi connectivity index (χ1v) is 7.30. The van der Waals surface area contributed by atoms with Gasteiger partial charge in [0.15, 0.2) is 0 Å². The van der Waals surface area contributed by atoms with E-state index in [-0.39, 0.29) is 17.9 Å². The van der Waals surface area contributed by atoms with E-state index in [1.165, 1.54) is 18.6 Å². The number of hydrogen-bond acceptors (Lipinski definition) is 2. The van der Waals surface area contributed by atoms with Gasteiger partial charge in [0.1, 0.15) is 5.82 Å². The second kappa shape index (κ2) is 5.79. The standard InChI is InChI=1S/C15H20FN3O/c16-11-4-1-5-12(10-11)18-15(20)19-9-3-7-14(19)13-6-2-8-17-13/h1,4-5,10,13-14,17H,2-3,6-9H2,(H,18,20). The normalized spacial score (nSPS) is 25.9. The Labute approximate surface area is 118 Å². The Balaban J connectivity index is 1.66. The fourth-order valence-corrected chi connectivity index (χ4v) is 3.26. The first-order valence-electron chi connectivity index (χ1n) is 7.30. The third-order valence-electron chi connectivity index (χ3n) is 4.20. The highest BCUT2D eigenvalue weighted by molar-refractivity contribution is 5.89. The molecule has 2 saturated heterocycles. The minimum atomic E-state index is -0.335. The molecule has 2 N–H and O–H groups in total. The lowest BCUT2D eigenvalue weighted by molar-refractivity contribution is 0.195. The van der Waals surface area contributed by atoms with Crippen LogP contribution in [0.4, 0.5) is 14.9 Å². The van der Waals surface area contributed by atoms with E-state index in [2.05, 4.69) is 10.6 Å². The fraction of sp³-hybridized carbons (Fsp3) is 0.533. The van der Waals surface area contributed by atoms with E-state index in [4.69, 9.17) is 0 Å². The number of amides is 2. The predicted molar refractivity (Wildman–Crippen MR) is 76.2 cm³/mol. The Morgan fingerprint density at radius 3 is 3.00 bits per heavy atom. The number of rotatable bonds is 2. The number of likely N-dealkylation sites (tertiary alicyclic amines) is 1. The van der Waals surface area contributed by atoms with Gasteiger partial charge < -0.3 is 15.5 Å². The van der Waals surface area contributed by atoms with Crippen molar-refractivity contribution in [2.75, 3.05) is 18.4 Å². The van der Waals surface area contributed by atoms with Crippen molar-refractivity contribution in [3.8, 4) is 0 Å². The van der Waals surface area contributed by atoms with Crippen LogP contribution in [0.2, 0.25) is 0 Å². The third kappa shape index (κ3) is 2.77. The average molecular weight is 277 g/mol. The van der Waals surface area contributed by atoms with Gasteiger partial charge in [0, 0.05) is 24.3 Å². The first kappa shape index (κ1) is 13.4. The monoisotopic (exact) mass is 277 g/mol. The van der Waals surface area contributed by atoms with E-state index in [1.807, 2.05) is 4.90 Å². The molecule has 0 aliphatic carbocycles. The summed E-state index contributed by atoms with van der Waals surface area (Å²) < 4.78 is 13.1. The second-order valence-electron chi connectivity index (χ2n) is 5.55. The summed E-state index contributed by atoms with van der Waals surface area (Å²) >= 11 is 0. The molecule has 2 atom stereocenters. The molecule has 0 spiro atoms. The van der Waals surface area contributed by atoms with Gasteiger partial charge in [0.25, 0.3) is 0 Å². The number of nitrogens with zero attached hydrogens (tertiary/aromatic N) is 1. The molecule has 1 aromatic rings. The lowest BCUT2D eigenvalue weighted by Gasteiger charge is -2.29. The summed E-state index contributed by atoms with van der Waals surface area (Å²) in [5, 5.41) is 6.27. The summed E-state index contributed by atoms with van der Waals surface area (Å²) in [5.74, 6) is -0.335. The molecule has 20 heavy (non-hydrogen) atoms. The van der Waals surface area contributed by atoms with E-state index < -0.39 is 0 Å². The largest absolute Gasteiger partial charge is 0.322 e. The number of nitrogens with one attached hydrogen (secondary N) is 2. The van der Waals surface area contributed by atoms with Crippen molar-refractivity contribution in [3.05, 3.63) is 30.1 Å². The van der Waals surface area contributed by atoms with Crippen molar-refractivity contribution in [2.45, 2.75) is 37.8 Å². The maximum absolute atomic E-state index is 13.1. The molecule has 5 heteroatoms. The van der Waals surface area contributed by atoms with Gasteiger partial charge in [0.2, 0.25) is 0 Å². The Hall–Kier alpha value is -1.62. The number of carbonyl (C=O) groups is 1. The molecule has 2 heterocycles. The fourth-order valence-electron chi connectivity index (χ4n) is 3.26. The van der Waals surface area contributed by atoms with E-state index in [9.17, 15) is 9.18 Å². The number of carbonyl (C=O) groups excluding carboxylic acids is 1. The zero-order valence-corrected chi connectivity index (χ0v) is 11.4. The molecule has 1 aromatic carbocycles. The van der Waals surface area contributed by atoms with Crippen LogP contribution in [0.3, 0.4) is 0 Å². The van der Waals surface area contributed by atoms with E-state index >= 15 is 0 Å². The van der Waals surface area contributed by atoms with Gasteiger partial charge in [-0.15, -0.1) is 0 Å². The van der Waals surface area contributed by atoms with Crippen LogP contribution < -0.4 is 10.6 Å². The van der Waals surface area contributed by atoms with Crippen molar-refractivity contribution in [1.82, 2.24) is 10.2 Å². The van der Waals surface area contributed by atoms with Gasteiger partial charge in [0.05, 0.1) is 0 Å². The maximum atomic E-state index is 13.1. The zero-order chi connectivity index (χ0) is 13.9. The minimum absolute atomic E-state index is 0.119. The van der Waals surface area contributed by atoms with Crippen molar-refractivity contribution >= 4 is 11.7 Å². The number of halogens is 1. The van der Waals surface area contributed by atoms with Gasteiger partial charge in [-0.25, -0.2) is 9.18 Å². The molecule has 2 amide bonds. The molecular formula is C15H20FN3O. The quantitative estimate of drug-likeness (QED) is 0.872. The molecule has 0 saturated carbocycles. The van der Waals surface area contributed by atoms with Crippen LogP contribution in [0.1, 0.15) is 25.7 Å². The number of urea groups is 1. The Kier molecular flexibility index (Phi) is 3.87. The SMILES string of the molecule is O=C(Nc1cccc(F)c1)N1CCCC1C1CCCN1. The number of hydrogen-bond donors (Lipinski definition) is 2. The van der Waals surface area contributed by atoms with Crippen LogP contribution in [0.15, 0.2) is 24.3 Å². The summed E-state index contributed by atoms with van der Waals surface area (Å²) in [5.41, 5.74) is 0.514. The van der Waals surface area contributed by atoms with E-state index in [0.29, 0.717) is 11.7 Å². The number of benzene rings is 1. The highest BCUT2D eigenvalue weighted by Gasteiger charge is 2.35. The van der Waals surface area contributed by atoms with Crippen molar-refractivity contribution in [3.63, 3.8) is 0 Å². The van der Waals surface area contributed by atoms with Crippen LogP contribution in [0.25, 0.3) is 0 Å². The van der Waals surface area contributed by atoms with E-state index in [1.54, 1.807) is 12.1 Å². The smallest absolute Gasteiger partial charge is 0.320 e. The molecule has 2 aliphatic rings. The van der Waals surface area contributed by atoms with Crippen LogP contribution in [0, 0.1) is 5.82 Å².